The van der Waals surface area contributed by atoms with Crippen LogP contribution in [0, 0.1) is 0 Å². The van der Waals surface area contributed by atoms with Crippen LogP contribution in [0.15, 0.2) is 194 Å². The number of fused-ring (bicyclic) bond motifs is 4. The summed E-state index contributed by atoms with van der Waals surface area (Å²) < 4.78 is 2.29. The molecule has 0 bridgehead atoms. The molecule has 0 saturated heterocycles. The summed E-state index contributed by atoms with van der Waals surface area (Å²) in [6.07, 6.45) is 13.2. The zero-order valence-electron chi connectivity index (χ0n) is 51.6. The van der Waals surface area contributed by atoms with Gasteiger partial charge in [-0.05, 0) is 155 Å². The van der Waals surface area contributed by atoms with Gasteiger partial charge in [-0.3, -0.25) is 39.5 Å². The first kappa shape index (κ1) is 63.7. The summed E-state index contributed by atoms with van der Waals surface area (Å²) in [5.41, 5.74) is 14.6. The monoisotopic (exact) mass is 1170 g/mol. The number of ketones is 1. The van der Waals surface area contributed by atoms with E-state index in [4.69, 9.17) is 0 Å². The van der Waals surface area contributed by atoms with E-state index < -0.39 is 14.2 Å². The number of rotatable bonds is 27. The lowest BCUT2D eigenvalue weighted by Gasteiger charge is -2.29. The molecule has 7 aromatic carbocycles. The molecule has 87 heavy (non-hydrogen) atoms. The quantitative estimate of drug-likeness (QED) is 0.00488. The van der Waals surface area contributed by atoms with Crippen LogP contribution in [0.1, 0.15) is 101 Å². The first-order chi connectivity index (χ1) is 41.7. The summed E-state index contributed by atoms with van der Waals surface area (Å²) in [5, 5.41) is 48.3. The predicted molar refractivity (Wildman–Crippen MR) is 355 cm³/mol. The Morgan fingerprint density at radius 1 is 0.632 bits per heavy atom. The Kier molecular flexibility index (Phi) is 20.4. The maximum Gasteiger partial charge on any atom is 0.522 e. The molecule has 13 nitrogen and oxygen atoms in total. The summed E-state index contributed by atoms with van der Waals surface area (Å²) in [6, 6.07) is 45.4. The maximum atomic E-state index is 12.8. The zero-order chi connectivity index (χ0) is 62.2. The fourth-order valence-corrected chi connectivity index (χ4v) is 12.9. The van der Waals surface area contributed by atoms with Crippen LogP contribution in [0.3, 0.4) is 0 Å². The molecule has 0 aliphatic carbocycles. The number of hydrogen-bond acceptors (Lipinski definition) is 11. The van der Waals surface area contributed by atoms with Crippen LogP contribution in [0.5, 0.6) is 0 Å². The van der Waals surface area contributed by atoms with E-state index in [-0.39, 0.29) is 22.5 Å². The second-order valence-corrected chi connectivity index (χ2v) is 24.3. The molecule has 2 aliphatic rings. The minimum atomic E-state index is -1.55. The van der Waals surface area contributed by atoms with E-state index in [1.165, 1.54) is 28.2 Å². The Morgan fingerprint density at radius 3 is 1.79 bits per heavy atom. The van der Waals surface area contributed by atoms with Gasteiger partial charge >= 0.3 is 14.2 Å². The molecule has 0 radical (unpaired) electrons. The van der Waals surface area contributed by atoms with Gasteiger partial charge in [-0.25, -0.2) is 0 Å². The third-order valence-electron chi connectivity index (χ3n) is 17.6. The highest BCUT2D eigenvalue weighted by molar-refractivity contribution is 6.60. The topological polar surface area (TPSA) is 158 Å². The molecule has 1 amide bonds. The third-order valence-corrected chi connectivity index (χ3v) is 17.6. The molecule has 15 heteroatoms. The highest BCUT2D eigenvalue weighted by Crippen LogP contribution is 2.49. The van der Waals surface area contributed by atoms with E-state index in [2.05, 4.69) is 204 Å². The molecule has 0 aromatic heterocycles. The van der Waals surface area contributed by atoms with Crippen molar-refractivity contribution in [3.63, 3.8) is 0 Å². The summed E-state index contributed by atoms with van der Waals surface area (Å²) >= 11 is 0. The molecule has 0 fully saturated rings. The average molecular weight is 1170 g/mol. The fraction of sp³-hybridized carbons (Fsp3) is 0.292. The van der Waals surface area contributed by atoms with E-state index in [1.807, 2.05) is 24.3 Å². The largest absolute Gasteiger partial charge is 0.522 e. The van der Waals surface area contributed by atoms with Gasteiger partial charge in [0, 0.05) is 92.8 Å². The summed E-state index contributed by atoms with van der Waals surface area (Å²) in [7, 11) is 1.18. The normalized spacial score (nSPS) is 14.8. The van der Waals surface area contributed by atoms with Crippen LogP contribution in [0.2, 0.25) is 0 Å². The van der Waals surface area contributed by atoms with Crippen molar-refractivity contribution in [3.8, 4) is 11.1 Å². The number of carbonyl (C=O) groups is 2. The van der Waals surface area contributed by atoms with Gasteiger partial charge in [0.25, 0.3) is 0 Å². The number of amides is 1. The molecular weight excluding hydrogens is 1080 g/mol. The lowest BCUT2D eigenvalue weighted by Crippen LogP contribution is -2.38. The van der Waals surface area contributed by atoms with Gasteiger partial charge < -0.3 is 20.3 Å². The number of carbonyl (C=O) groups excluding carboxylic acids is 2. The molecule has 0 spiro atoms. The number of allylic oxidation sites excluding steroid dienone is 7. The van der Waals surface area contributed by atoms with Crippen LogP contribution in [-0.4, -0.2) is 100 Å². The highest BCUT2D eigenvalue weighted by atomic mass is 17.1. The van der Waals surface area contributed by atoms with Crippen molar-refractivity contribution in [2.24, 2.45) is 0 Å². The minimum absolute atomic E-state index is 0.0409. The van der Waals surface area contributed by atoms with Crippen molar-refractivity contribution in [2.75, 3.05) is 38.6 Å². The zero-order valence-corrected chi connectivity index (χ0v) is 51.6. The maximum absolute atomic E-state index is 12.8. The van der Waals surface area contributed by atoms with Crippen molar-refractivity contribution in [2.45, 2.75) is 104 Å². The molecule has 2 heterocycles. The SMILES string of the molecule is C=C(C)C(=O)CCCCN(Cc1ccccc1B(O)OO)Cc1c2ccccc2c(CN(CCCNC(=O)C(=C)C)Cc2ccccc2B(O)OO)c2ccc(-c3ccc4c(c3)C(C)(C)/C(=C/C=C/C=C/C3=[N+](C)c5ccccc5C3(C)C)N4C)cc12. The molecule has 448 valence electrons. The minimum Gasteiger partial charge on any atom is -0.422 e. The lowest BCUT2D eigenvalue weighted by atomic mass is 9.76. The van der Waals surface area contributed by atoms with E-state index in [0.717, 1.165) is 60.6 Å². The molecule has 2 aliphatic heterocycles. The number of benzene rings is 7. The van der Waals surface area contributed by atoms with Gasteiger partial charge in [0.2, 0.25) is 11.6 Å². The number of nitrogens with zero attached hydrogens (tertiary/aromatic N) is 4. The van der Waals surface area contributed by atoms with Crippen molar-refractivity contribution < 1.29 is 44.3 Å². The average Bonchev–Trinajstić information content (AvgIpc) is 1.84. The molecule has 0 unspecified atom stereocenters. The first-order valence-electron chi connectivity index (χ1n) is 30.0. The van der Waals surface area contributed by atoms with Gasteiger partial charge in [0.15, 0.2) is 11.5 Å². The van der Waals surface area contributed by atoms with Gasteiger partial charge in [-0.15, -0.1) is 0 Å². The summed E-state index contributed by atoms with van der Waals surface area (Å²) in [6.45, 7) is 23.6. The fourth-order valence-electron chi connectivity index (χ4n) is 12.9. The van der Waals surface area contributed by atoms with E-state index in [1.54, 1.807) is 38.1 Å². The summed E-state index contributed by atoms with van der Waals surface area (Å²) in [5.74, 6) is -0.163. The molecule has 0 saturated carbocycles. The van der Waals surface area contributed by atoms with Crippen LogP contribution >= 0.6 is 0 Å². The number of unbranched alkanes of at least 4 members (excludes halogenated alkanes) is 1. The second kappa shape index (κ2) is 27.9. The number of para-hydroxylation sites is 1. The van der Waals surface area contributed by atoms with Gasteiger partial charge in [-0.2, -0.15) is 4.58 Å². The number of anilines is 1. The van der Waals surface area contributed by atoms with Crippen molar-refractivity contribution >= 4 is 75.5 Å². The molecule has 9 rings (SSSR count). The summed E-state index contributed by atoms with van der Waals surface area (Å²) in [4.78, 5) is 41.3. The molecule has 0 atom stereocenters. The standard InChI is InChI=1S/C72H81B2N5O8/c1-49(2)67(80)33-22-23-41-78(45-53-25-14-19-30-63(53)73(82)86-84)48-60-56-28-17-16-27-55(56)59(47-79(42-24-40-75-70(81)50(3)4)46-54-26-15-20-31-64(54)74(83)87-85)57-38-36-51(43-58(57)60)52-37-39-66-62(44-52)72(7,8)69(77(66)10)35-13-11-12-34-68-71(5,6)61-29-18-21-32-65(61)76(68)9/h11-21,25-32,34-39,43-44,82-83H,1,3,22-24,33,40-42,45-48H2,2,4-10H3,(H2-,75,81,84,85)/p+1. The van der Waals surface area contributed by atoms with Crippen LogP contribution in [-0.2, 0) is 56.2 Å². The Labute approximate surface area is 513 Å². The smallest absolute Gasteiger partial charge is 0.422 e. The number of likely N-dealkylation sites (N-methyl/N-ethyl adjacent to an activating group) is 1. The van der Waals surface area contributed by atoms with Crippen LogP contribution in [0.4, 0.5) is 11.4 Å². The van der Waals surface area contributed by atoms with Crippen LogP contribution in [0.25, 0.3) is 32.7 Å². The highest BCUT2D eigenvalue weighted by Gasteiger charge is 2.43. The van der Waals surface area contributed by atoms with E-state index >= 15 is 0 Å². The Bertz CT molecular complexity index is 3870. The molecule has 7 aromatic rings. The Hall–Kier alpha value is -7.82. The van der Waals surface area contributed by atoms with E-state index in [9.17, 15) is 30.2 Å². The van der Waals surface area contributed by atoms with Gasteiger partial charge in [0.05, 0.1) is 5.41 Å². The van der Waals surface area contributed by atoms with Crippen LogP contribution < -0.4 is 21.1 Å². The Morgan fingerprint density at radius 2 is 1.18 bits per heavy atom. The van der Waals surface area contributed by atoms with Crippen molar-refractivity contribution in [1.82, 2.24) is 15.1 Å². The van der Waals surface area contributed by atoms with Crippen molar-refractivity contribution in [3.05, 3.63) is 227 Å². The van der Waals surface area contributed by atoms with E-state index in [0.29, 0.717) is 93.6 Å². The third kappa shape index (κ3) is 14.0. The molecular formula is C72H82B2N5O8+. The number of hydrogen-bond donors (Lipinski definition) is 5. The van der Waals surface area contributed by atoms with Crippen molar-refractivity contribution in [1.29, 1.82) is 0 Å². The molecule has 5 N–H and O–H groups in total. The van der Waals surface area contributed by atoms with Gasteiger partial charge in [0.1, 0.15) is 7.05 Å². The number of nitrogens with one attached hydrogen (secondary N) is 1. The predicted octanol–water partition coefficient (Wildman–Crippen LogP) is 11.8. The Balaban J connectivity index is 1.14. The van der Waals surface area contributed by atoms with Gasteiger partial charge in [-0.1, -0.05) is 154 Å². The number of Topliss-reactive ketones (excluding diaryl/α,β-unsaturated/α-hetero) is 1. The lowest BCUT2D eigenvalue weighted by molar-refractivity contribution is -0.401. The second-order valence-electron chi connectivity index (χ2n) is 24.3. The first-order valence-corrected chi connectivity index (χ1v) is 30.0.